The number of rotatable bonds is 26. The number of carbonyl (C=O) groups is 2. The van der Waals surface area contributed by atoms with Crippen LogP contribution in [0.1, 0.15) is 169 Å². The lowest BCUT2D eigenvalue weighted by atomic mass is 9.93. The monoisotopic (exact) mass is 479 g/mol. The van der Waals surface area contributed by atoms with Crippen molar-refractivity contribution in [3.63, 3.8) is 0 Å². The molecule has 0 saturated heterocycles. The van der Waals surface area contributed by atoms with Crippen LogP contribution in [-0.4, -0.2) is 18.2 Å². The predicted octanol–water partition coefficient (Wildman–Crippen LogP) is 9.57. The first-order valence-electron chi connectivity index (χ1n) is 15.3. The molecule has 0 aromatic rings. The average Bonchev–Trinajstić information content (AvgIpc) is 2.81. The summed E-state index contributed by atoms with van der Waals surface area (Å²) in [5.41, 5.74) is 0. The fraction of sp³-hybridized carbons (Fsp3) is 0.935. The first-order valence-corrected chi connectivity index (χ1v) is 15.3. The third kappa shape index (κ3) is 24.3. The van der Waals surface area contributed by atoms with Crippen molar-refractivity contribution in [2.75, 3.05) is 6.54 Å². The third-order valence-corrected chi connectivity index (χ3v) is 7.31. The Hall–Kier alpha value is -0.860. The van der Waals surface area contributed by atoms with Gasteiger partial charge in [-0.3, -0.25) is 9.59 Å². The Bertz CT molecular complexity index is 420. The van der Waals surface area contributed by atoms with Gasteiger partial charge >= 0.3 is 0 Å². The zero-order valence-corrected chi connectivity index (χ0v) is 23.7. The molecule has 0 radical (unpaired) electrons. The van der Waals surface area contributed by atoms with E-state index in [0.717, 1.165) is 63.3 Å². The van der Waals surface area contributed by atoms with Gasteiger partial charge in [-0.2, -0.15) is 0 Å². The summed E-state index contributed by atoms with van der Waals surface area (Å²) in [6, 6.07) is 0. The van der Waals surface area contributed by atoms with Gasteiger partial charge in [0.15, 0.2) is 0 Å². The molecule has 0 aliphatic heterocycles. The van der Waals surface area contributed by atoms with Crippen molar-refractivity contribution in [1.29, 1.82) is 0 Å². The molecule has 0 aliphatic rings. The molecule has 0 heterocycles. The summed E-state index contributed by atoms with van der Waals surface area (Å²) < 4.78 is 0. The van der Waals surface area contributed by atoms with E-state index in [-0.39, 0.29) is 5.91 Å². The van der Waals surface area contributed by atoms with Crippen molar-refractivity contribution in [1.82, 2.24) is 5.32 Å². The Morgan fingerprint density at radius 2 is 0.941 bits per heavy atom. The van der Waals surface area contributed by atoms with E-state index in [1.807, 2.05) is 0 Å². The number of Topliss-reactive ketones (excluding diaryl/α,β-unsaturated/α-hetero) is 1. The molecule has 2 unspecified atom stereocenters. The van der Waals surface area contributed by atoms with Gasteiger partial charge in [0.05, 0.1) is 0 Å². The van der Waals surface area contributed by atoms with E-state index >= 15 is 0 Å². The molecule has 0 aliphatic carbocycles. The lowest BCUT2D eigenvalue weighted by molar-refractivity contribution is -0.121. The molecular formula is C31H61NO2. The fourth-order valence-corrected chi connectivity index (χ4v) is 4.76. The molecule has 2 atom stereocenters. The van der Waals surface area contributed by atoms with E-state index in [0.29, 0.717) is 12.2 Å². The van der Waals surface area contributed by atoms with Crippen molar-refractivity contribution in [2.45, 2.75) is 169 Å². The molecule has 0 fully saturated rings. The van der Waals surface area contributed by atoms with E-state index in [1.165, 1.54) is 89.9 Å². The van der Waals surface area contributed by atoms with Crippen LogP contribution in [0.3, 0.4) is 0 Å². The summed E-state index contributed by atoms with van der Waals surface area (Å²) in [6.07, 6.45) is 26.1. The number of hydrogen-bond donors (Lipinski definition) is 1. The summed E-state index contributed by atoms with van der Waals surface area (Å²) in [4.78, 5) is 23.5. The molecule has 0 saturated carbocycles. The molecule has 0 aromatic heterocycles. The second kappa shape index (κ2) is 25.2. The van der Waals surface area contributed by atoms with Crippen LogP contribution in [0.25, 0.3) is 0 Å². The second-order valence-electron chi connectivity index (χ2n) is 11.1. The molecule has 0 bridgehead atoms. The summed E-state index contributed by atoms with van der Waals surface area (Å²) in [6.45, 7) is 10.0. The number of ketones is 1. The molecule has 3 nitrogen and oxygen atoms in total. The SMILES string of the molecule is CCCCCC(=O)CCCCCCC(C)CCCCC(C)CCCCCCC(=O)NCCCC. The number of unbranched alkanes of at least 4 members (excludes halogenated alkanes) is 10. The van der Waals surface area contributed by atoms with Crippen LogP contribution in [0.5, 0.6) is 0 Å². The van der Waals surface area contributed by atoms with Crippen LogP contribution in [0.2, 0.25) is 0 Å². The van der Waals surface area contributed by atoms with E-state index in [1.54, 1.807) is 0 Å². The van der Waals surface area contributed by atoms with Crippen LogP contribution < -0.4 is 5.32 Å². The molecule has 1 N–H and O–H groups in total. The normalized spacial score (nSPS) is 13.1. The van der Waals surface area contributed by atoms with Gasteiger partial charge in [-0.25, -0.2) is 0 Å². The van der Waals surface area contributed by atoms with Gasteiger partial charge < -0.3 is 5.32 Å². The van der Waals surface area contributed by atoms with Gasteiger partial charge in [0, 0.05) is 25.8 Å². The lowest BCUT2D eigenvalue weighted by Crippen LogP contribution is -2.23. The average molecular weight is 480 g/mol. The summed E-state index contributed by atoms with van der Waals surface area (Å²) >= 11 is 0. The maximum atomic E-state index is 11.8. The standard InChI is InChI=1S/C31H61NO2/c1-5-7-13-24-30(33)25-16-11-9-14-20-28(3)22-18-19-23-29(4)21-15-10-12-17-26-31(34)32-27-8-6-2/h28-29H,5-27H2,1-4H3,(H,32,34). The molecule has 1 amide bonds. The quantitative estimate of drug-likeness (QED) is 0.125. The van der Waals surface area contributed by atoms with Crippen molar-refractivity contribution in [3.05, 3.63) is 0 Å². The van der Waals surface area contributed by atoms with Crippen LogP contribution in [0.15, 0.2) is 0 Å². The number of carbonyl (C=O) groups excluding carboxylic acids is 2. The Morgan fingerprint density at radius 3 is 1.44 bits per heavy atom. The summed E-state index contributed by atoms with van der Waals surface area (Å²) in [7, 11) is 0. The van der Waals surface area contributed by atoms with E-state index in [2.05, 4.69) is 33.0 Å². The first-order chi connectivity index (χ1) is 16.5. The summed E-state index contributed by atoms with van der Waals surface area (Å²) in [5.74, 6) is 2.42. The first kappa shape index (κ1) is 33.1. The maximum absolute atomic E-state index is 11.8. The Kier molecular flexibility index (Phi) is 24.6. The summed E-state index contributed by atoms with van der Waals surface area (Å²) in [5, 5.41) is 3.01. The van der Waals surface area contributed by atoms with Gasteiger partial charge in [0.1, 0.15) is 5.78 Å². The van der Waals surface area contributed by atoms with Crippen LogP contribution in [0.4, 0.5) is 0 Å². The zero-order chi connectivity index (χ0) is 25.3. The molecule has 34 heavy (non-hydrogen) atoms. The van der Waals surface area contributed by atoms with Crippen molar-refractivity contribution in [2.24, 2.45) is 11.8 Å². The largest absolute Gasteiger partial charge is 0.356 e. The third-order valence-electron chi connectivity index (χ3n) is 7.31. The highest BCUT2D eigenvalue weighted by molar-refractivity contribution is 5.78. The van der Waals surface area contributed by atoms with Gasteiger partial charge in [-0.1, -0.05) is 124 Å². The highest BCUT2D eigenvalue weighted by Gasteiger charge is 2.06. The van der Waals surface area contributed by atoms with Gasteiger partial charge in [-0.15, -0.1) is 0 Å². The molecular weight excluding hydrogens is 418 g/mol. The molecule has 0 spiro atoms. The maximum Gasteiger partial charge on any atom is 0.219 e. The van der Waals surface area contributed by atoms with Crippen molar-refractivity contribution >= 4 is 11.7 Å². The van der Waals surface area contributed by atoms with Gasteiger partial charge in [0.2, 0.25) is 5.91 Å². The lowest BCUT2D eigenvalue weighted by Gasteiger charge is -2.13. The fourth-order valence-electron chi connectivity index (χ4n) is 4.76. The van der Waals surface area contributed by atoms with Crippen LogP contribution in [-0.2, 0) is 9.59 Å². The zero-order valence-electron chi connectivity index (χ0n) is 23.7. The smallest absolute Gasteiger partial charge is 0.219 e. The Labute approximate surface area is 214 Å². The van der Waals surface area contributed by atoms with E-state index in [9.17, 15) is 9.59 Å². The number of amides is 1. The number of hydrogen-bond acceptors (Lipinski definition) is 2. The second-order valence-corrected chi connectivity index (χ2v) is 11.1. The van der Waals surface area contributed by atoms with Crippen LogP contribution in [0, 0.1) is 11.8 Å². The minimum atomic E-state index is 0.237. The molecule has 3 heteroatoms. The Morgan fingerprint density at radius 1 is 0.529 bits per heavy atom. The van der Waals surface area contributed by atoms with Crippen LogP contribution >= 0.6 is 0 Å². The molecule has 0 rings (SSSR count). The van der Waals surface area contributed by atoms with E-state index < -0.39 is 0 Å². The van der Waals surface area contributed by atoms with Crippen molar-refractivity contribution < 1.29 is 9.59 Å². The van der Waals surface area contributed by atoms with Crippen molar-refractivity contribution in [3.8, 4) is 0 Å². The Balaban J connectivity index is 3.42. The molecule has 0 aromatic carbocycles. The minimum absolute atomic E-state index is 0.237. The highest BCUT2D eigenvalue weighted by atomic mass is 16.1. The van der Waals surface area contributed by atoms with E-state index in [4.69, 9.17) is 0 Å². The topological polar surface area (TPSA) is 46.2 Å². The molecule has 202 valence electrons. The van der Waals surface area contributed by atoms with Gasteiger partial charge in [-0.05, 0) is 37.5 Å². The number of nitrogens with one attached hydrogen (secondary N) is 1. The highest BCUT2D eigenvalue weighted by Crippen LogP contribution is 2.21. The predicted molar refractivity (Wildman–Crippen MR) is 149 cm³/mol. The van der Waals surface area contributed by atoms with Gasteiger partial charge in [0.25, 0.3) is 0 Å². The minimum Gasteiger partial charge on any atom is -0.356 e.